The molecule has 0 radical (unpaired) electrons. The van der Waals surface area contributed by atoms with Gasteiger partial charge in [-0.3, -0.25) is 19.3 Å². The van der Waals surface area contributed by atoms with Crippen LogP contribution in [0.15, 0.2) is 40.9 Å². The van der Waals surface area contributed by atoms with Crippen LogP contribution in [-0.2, 0) is 19.9 Å². The van der Waals surface area contributed by atoms with E-state index in [1.54, 1.807) is 6.07 Å². The van der Waals surface area contributed by atoms with Crippen molar-refractivity contribution >= 4 is 45.0 Å². The topological polar surface area (TPSA) is 69.7 Å². The number of benzene rings is 2. The van der Waals surface area contributed by atoms with Gasteiger partial charge in [-0.1, -0.05) is 29.8 Å². The number of carbonyl (C=O) groups excluding carboxylic acids is 3. The highest BCUT2D eigenvalue weighted by atomic mass is 79.9. The van der Waals surface area contributed by atoms with Crippen LogP contribution in [-0.4, -0.2) is 35.2 Å². The molecule has 3 fully saturated rings. The van der Waals surface area contributed by atoms with Gasteiger partial charge >= 0.3 is 0 Å². The first kappa shape index (κ1) is 19.2. The molecule has 6 nitrogen and oxygen atoms in total. The number of para-hydroxylation sites is 1. The number of anilines is 2. The number of fused-ring (bicyclic) bond motifs is 7. The Morgan fingerprint density at radius 3 is 2.65 bits per heavy atom. The summed E-state index contributed by atoms with van der Waals surface area (Å²) in [5, 5.41) is 3.08. The Balaban J connectivity index is 1.60. The van der Waals surface area contributed by atoms with Gasteiger partial charge in [0, 0.05) is 21.8 Å². The molecule has 2 aromatic rings. The van der Waals surface area contributed by atoms with Gasteiger partial charge < -0.3 is 5.32 Å². The molecule has 31 heavy (non-hydrogen) atoms. The maximum absolute atomic E-state index is 13.9. The van der Waals surface area contributed by atoms with Crippen molar-refractivity contribution in [3.05, 3.63) is 57.6 Å². The summed E-state index contributed by atoms with van der Waals surface area (Å²) in [5.74, 6) is -1.88. The largest absolute Gasteiger partial charge is 0.324 e. The van der Waals surface area contributed by atoms with Crippen molar-refractivity contribution < 1.29 is 14.4 Å². The van der Waals surface area contributed by atoms with Crippen molar-refractivity contribution in [1.29, 1.82) is 0 Å². The molecule has 6 rings (SSSR count). The Hall–Kier alpha value is -2.51. The molecule has 0 aromatic heterocycles. The number of carbonyl (C=O) groups is 3. The summed E-state index contributed by atoms with van der Waals surface area (Å²) in [6, 6.07) is 11.2. The average molecular weight is 480 g/mol. The number of nitrogens with one attached hydrogen (secondary N) is 1. The van der Waals surface area contributed by atoms with E-state index in [0.29, 0.717) is 16.7 Å². The van der Waals surface area contributed by atoms with Crippen molar-refractivity contribution in [2.45, 2.75) is 38.3 Å². The van der Waals surface area contributed by atoms with Crippen LogP contribution in [0.3, 0.4) is 0 Å². The van der Waals surface area contributed by atoms with Gasteiger partial charge in [0.15, 0.2) is 0 Å². The van der Waals surface area contributed by atoms with E-state index in [2.05, 4.69) is 26.1 Å². The second-order valence-electron chi connectivity index (χ2n) is 9.09. The molecule has 3 saturated heterocycles. The van der Waals surface area contributed by atoms with Crippen LogP contribution in [0.4, 0.5) is 11.4 Å². The number of aryl methyl sites for hydroxylation is 2. The number of hydrogen-bond acceptors (Lipinski definition) is 4. The SMILES string of the molecule is Cc1cc(C)c2c(c1)C1(C(=O)N2)C2C(=O)N(c3ccccc3Br)C(=O)C2C2CCCN21. The number of nitrogens with zero attached hydrogens (tertiary/aromatic N) is 2. The molecule has 2 aromatic carbocycles. The predicted molar refractivity (Wildman–Crippen MR) is 120 cm³/mol. The van der Waals surface area contributed by atoms with Crippen molar-refractivity contribution in [3.63, 3.8) is 0 Å². The number of amides is 3. The monoisotopic (exact) mass is 479 g/mol. The molecule has 158 valence electrons. The van der Waals surface area contributed by atoms with Crippen molar-refractivity contribution in [2.75, 3.05) is 16.8 Å². The fraction of sp³-hybridized carbons (Fsp3) is 0.375. The van der Waals surface area contributed by atoms with E-state index in [1.807, 2.05) is 44.2 Å². The number of hydrogen-bond donors (Lipinski definition) is 1. The maximum atomic E-state index is 13.9. The fourth-order valence-corrected chi connectivity index (χ4v) is 6.99. The molecule has 4 atom stereocenters. The molecule has 3 amide bonds. The molecule has 4 aliphatic rings. The van der Waals surface area contributed by atoms with Crippen LogP contribution in [0.2, 0.25) is 0 Å². The lowest BCUT2D eigenvalue weighted by Crippen LogP contribution is -2.54. The molecule has 7 heteroatoms. The molecular formula is C24H22BrN3O3. The lowest BCUT2D eigenvalue weighted by molar-refractivity contribution is -0.135. The summed E-state index contributed by atoms with van der Waals surface area (Å²) in [6.07, 6.45) is 1.73. The Bertz CT molecular complexity index is 1190. The Kier molecular flexibility index (Phi) is 3.88. The molecule has 0 saturated carbocycles. The van der Waals surface area contributed by atoms with Crippen molar-refractivity contribution in [2.24, 2.45) is 11.8 Å². The summed E-state index contributed by atoms with van der Waals surface area (Å²) in [7, 11) is 0. The number of halogens is 1. The van der Waals surface area contributed by atoms with Crippen LogP contribution >= 0.6 is 15.9 Å². The zero-order valence-corrected chi connectivity index (χ0v) is 18.9. The zero-order chi connectivity index (χ0) is 21.7. The second kappa shape index (κ2) is 6.26. The highest BCUT2D eigenvalue weighted by Crippen LogP contribution is 2.61. The molecule has 4 heterocycles. The lowest BCUT2D eigenvalue weighted by Gasteiger charge is -2.37. The van der Waals surface area contributed by atoms with E-state index in [9.17, 15) is 14.4 Å². The third-order valence-corrected chi connectivity index (χ3v) is 8.21. The van der Waals surface area contributed by atoms with Crippen LogP contribution in [0.25, 0.3) is 0 Å². The van der Waals surface area contributed by atoms with Gasteiger partial charge in [-0.25, -0.2) is 4.90 Å². The Labute approximate surface area is 188 Å². The highest BCUT2D eigenvalue weighted by molar-refractivity contribution is 9.10. The van der Waals surface area contributed by atoms with Gasteiger partial charge in [0.2, 0.25) is 17.7 Å². The minimum Gasteiger partial charge on any atom is -0.324 e. The van der Waals surface area contributed by atoms with Crippen LogP contribution in [0.1, 0.15) is 29.5 Å². The second-order valence-corrected chi connectivity index (χ2v) is 9.95. The Morgan fingerprint density at radius 1 is 1.10 bits per heavy atom. The summed E-state index contributed by atoms with van der Waals surface area (Å²) in [5.41, 5.74) is 3.10. The van der Waals surface area contributed by atoms with E-state index in [1.165, 1.54) is 4.90 Å². The molecule has 4 unspecified atom stereocenters. The average Bonchev–Trinajstić information content (AvgIpc) is 3.42. The molecule has 0 bridgehead atoms. The van der Waals surface area contributed by atoms with E-state index < -0.39 is 17.4 Å². The number of imide groups is 1. The lowest BCUT2D eigenvalue weighted by atomic mass is 9.75. The van der Waals surface area contributed by atoms with E-state index >= 15 is 0 Å². The first-order chi connectivity index (χ1) is 14.9. The predicted octanol–water partition coefficient (Wildman–Crippen LogP) is 3.50. The van der Waals surface area contributed by atoms with Gasteiger partial charge in [-0.15, -0.1) is 0 Å². The van der Waals surface area contributed by atoms with E-state index in [4.69, 9.17) is 0 Å². The van der Waals surface area contributed by atoms with Gasteiger partial charge in [-0.05, 0) is 66.9 Å². The van der Waals surface area contributed by atoms with Crippen molar-refractivity contribution in [1.82, 2.24) is 4.90 Å². The van der Waals surface area contributed by atoms with Crippen molar-refractivity contribution in [3.8, 4) is 0 Å². The normalized spacial score (nSPS) is 31.4. The first-order valence-electron chi connectivity index (χ1n) is 10.7. The molecule has 1 N–H and O–H groups in total. The smallest absolute Gasteiger partial charge is 0.250 e. The summed E-state index contributed by atoms with van der Waals surface area (Å²) in [6.45, 7) is 4.70. The quantitative estimate of drug-likeness (QED) is 0.635. The number of rotatable bonds is 1. The van der Waals surface area contributed by atoms with Crippen LogP contribution in [0, 0.1) is 25.7 Å². The van der Waals surface area contributed by atoms with Crippen LogP contribution in [0.5, 0.6) is 0 Å². The Morgan fingerprint density at radius 2 is 1.87 bits per heavy atom. The highest BCUT2D eigenvalue weighted by Gasteiger charge is 2.74. The van der Waals surface area contributed by atoms with Gasteiger partial charge in [0.05, 0.1) is 17.5 Å². The zero-order valence-electron chi connectivity index (χ0n) is 17.3. The molecule has 1 spiro atoms. The van der Waals surface area contributed by atoms with Crippen LogP contribution < -0.4 is 10.2 Å². The minimum atomic E-state index is -1.12. The van der Waals surface area contributed by atoms with Gasteiger partial charge in [-0.2, -0.15) is 0 Å². The summed E-state index contributed by atoms with van der Waals surface area (Å²) < 4.78 is 0.692. The molecule has 0 aliphatic carbocycles. The minimum absolute atomic E-state index is 0.105. The first-order valence-corrected chi connectivity index (χ1v) is 11.5. The van der Waals surface area contributed by atoms with Gasteiger partial charge in [0.25, 0.3) is 0 Å². The fourth-order valence-electron chi connectivity index (χ4n) is 6.53. The third kappa shape index (κ3) is 2.18. The molecule has 4 aliphatic heterocycles. The summed E-state index contributed by atoms with van der Waals surface area (Å²) >= 11 is 3.49. The van der Waals surface area contributed by atoms with E-state index in [0.717, 1.165) is 35.2 Å². The summed E-state index contributed by atoms with van der Waals surface area (Å²) in [4.78, 5) is 44.9. The van der Waals surface area contributed by atoms with E-state index in [-0.39, 0.29) is 23.8 Å². The standard InChI is InChI=1S/C24H22BrN3O3/c1-12-10-13(2)20-14(11-12)24(23(31)26-20)19-18(17-8-5-9-27(17)24)21(29)28(22(19)30)16-7-4-3-6-15(16)25/h3-4,6-7,10-11,17-19H,5,8-9H2,1-2H3,(H,26,31). The third-order valence-electron chi connectivity index (χ3n) is 7.54. The van der Waals surface area contributed by atoms with Gasteiger partial charge in [0.1, 0.15) is 5.54 Å². The maximum Gasteiger partial charge on any atom is 0.250 e. The molecular weight excluding hydrogens is 458 g/mol.